The van der Waals surface area contributed by atoms with Crippen LogP contribution in [-0.2, 0) is 0 Å². The molecular formula is C14H18FNO. The molecule has 0 radical (unpaired) electrons. The van der Waals surface area contributed by atoms with E-state index < -0.39 is 5.54 Å². The van der Waals surface area contributed by atoms with E-state index >= 15 is 0 Å². The molecule has 1 fully saturated rings. The van der Waals surface area contributed by atoms with Gasteiger partial charge in [0.25, 0.3) is 0 Å². The van der Waals surface area contributed by atoms with Gasteiger partial charge in [0.2, 0.25) is 0 Å². The van der Waals surface area contributed by atoms with Crippen molar-refractivity contribution in [3.05, 3.63) is 35.1 Å². The average Bonchev–Trinajstić information content (AvgIpc) is 2.32. The third-order valence-electron chi connectivity index (χ3n) is 3.56. The van der Waals surface area contributed by atoms with E-state index in [1.54, 1.807) is 6.07 Å². The fourth-order valence-electron chi connectivity index (χ4n) is 2.39. The van der Waals surface area contributed by atoms with Crippen LogP contribution in [0.4, 0.5) is 4.39 Å². The van der Waals surface area contributed by atoms with E-state index in [9.17, 15) is 9.18 Å². The number of nitrogens with one attached hydrogen (secondary N) is 1. The fraction of sp³-hybridized carbons (Fsp3) is 0.500. The van der Waals surface area contributed by atoms with Crippen LogP contribution in [0, 0.1) is 12.7 Å². The third-order valence-corrected chi connectivity index (χ3v) is 3.56. The van der Waals surface area contributed by atoms with Crippen molar-refractivity contribution in [3.8, 4) is 0 Å². The van der Waals surface area contributed by atoms with E-state index in [4.69, 9.17) is 0 Å². The Morgan fingerprint density at radius 2 is 2.18 bits per heavy atom. The number of halogens is 1. The molecule has 2 nitrogen and oxygen atoms in total. The van der Waals surface area contributed by atoms with Crippen LogP contribution in [0.25, 0.3) is 0 Å². The number of carbonyl (C=O) groups is 1. The zero-order valence-corrected chi connectivity index (χ0v) is 10.3. The molecule has 0 amide bonds. The van der Waals surface area contributed by atoms with Gasteiger partial charge < -0.3 is 5.32 Å². The quantitative estimate of drug-likeness (QED) is 0.799. The molecule has 92 valence electrons. The van der Waals surface area contributed by atoms with Crippen molar-refractivity contribution in [2.45, 2.75) is 38.6 Å². The minimum Gasteiger partial charge on any atom is -0.305 e. The van der Waals surface area contributed by atoms with Crippen molar-refractivity contribution >= 4 is 5.78 Å². The molecular weight excluding hydrogens is 217 g/mol. The second kappa shape index (κ2) is 4.57. The largest absolute Gasteiger partial charge is 0.305 e. The summed E-state index contributed by atoms with van der Waals surface area (Å²) in [6, 6.07) is 4.40. The summed E-state index contributed by atoms with van der Waals surface area (Å²) < 4.78 is 13.2. The van der Waals surface area contributed by atoms with Gasteiger partial charge >= 0.3 is 0 Å². The molecule has 2 rings (SSSR count). The molecule has 17 heavy (non-hydrogen) atoms. The molecule has 1 atom stereocenters. The lowest BCUT2D eigenvalue weighted by Gasteiger charge is -2.33. The second-order valence-electron chi connectivity index (χ2n) is 5.00. The Balaban J connectivity index is 2.32. The van der Waals surface area contributed by atoms with Gasteiger partial charge in [0.05, 0.1) is 5.54 Å². The molecule has 1 heterocycles. The topological polar surface area (TPSA) is 29.1 Å². The maximum absolute atomic E-state index is 13.2. The number of hydrogen-bond acceptors (Lipinski definition) is 2. The van der Waals surface area contributed by atoms with E-state index in [0.29, 0.717) is 5.56 Å². The first kappa shape index (κ1) is 12.2. The lowest BCUT2D eigenvalue weighted by Crippen LogP contribution is -2.52. The van der Waals surface area contributed by atoms with Crippen molar-refractivity contribution in [2.24, 2.45) is 0 Å². The van der Waals surface area contributed by atoms with Crippen LogP contribution in [0.3, 0.4) is 0 Å². The summed E-state index contributed by atoms with van der Waals surface area (Å²) >= 11 is 0. The molecule has 1 aliphatic heterocycles. The van der Waals surface area contributed by atoms with E-state index in [0.717, 1.165) is 31.4 Å². The number of Topliss-reactive ketones (excluding diaryl/α,β-unsaturated/α-hetero) is 1. The summed E-state index contributed by atoms with van der Waals surface area (Å²) in [5.41, 5.74) is 0.809. The number of ketones is 1. The maximum atomic E-state index is 13.2. The Bertz CT molecular complexity index is 436. The van der Waals surface area contributed by atoms with Crippen LogP contribution in [0.5, 0.6) is 0 Å². The van der Waals surface area contributed by atoms with Crippen LogP contribution in [0.15, 0.2) is 18.2 Å². The number of carbonyl (C=O) groups excluding carboxylic acids is 1. The summed E-state index contributed by atoms with van der Waals surface area (Å²) in [7, 11) is 0. The minimum atomic E-state index is -0.531. The van der Waals surface area contributed by atoms with Gasteiger partial charge in [-0.2, -0.15) is 0 Å². The molecule has 1 aromatic rings. The Kier molecular flexibility index (Phi) is 3.29. The van der Waals surface area contributed by atoms with Crippen LogP contribution >= 0.6 is 0 Å². The summed E-state index contributed by atoms with van der Waals surface area (Å²) in [6.07, 6.45) is 2.97. The van der Waals surface area contributed by atoms with Gasteiger partial charge in [-0.15, -0.1) is 0 Å². The Hall–Kier alpha value is -1.22. The number of benzene rings is 1. The van der Waals surface area contributed by atoms with Crippen molar-refractivity contribution in [2.75, 3.05) is 6.54 Å². The molecule has 3 heteroatoms. The molecule has 0 aromatic heterocycles. The normalized spacial score (nSPS) is 24.6. The van der Waals surface area contributed by atoms with Crippen LogP contribution in [0.2, 0.25) is 0 Å². The van der Waals surface area contributed by atoms with Gasteiger partial charge in [-0.1, -0.05) is 6.07 Å². The highest BCUT2D eigenvalue weighted by Crippen LogP contribution is 2.25. The van der Waals surface area contributed by atoms with Crippen LogP contribution in [-0.4, -0.2) is 17.9 Å². The zero-order valence-electron chi connectivity index (χ0n) is 10.3. The number of rotatable bonds is 2. The summed E-state index contributed by atoms with van der Waals surface area (Å²) in [5, 5.41) is 3.27. The Morgan fingerprint density at radius 1 is 1.41 bits per heavy atom. The molecule has 0 spiro atoms. The Morgan fingerprint density at radius 3 is 2.82 bits per heavy atom. The van der Waals surface area contributed by atoms with Gasteiger partial charge in [-0.25, -0.2) is 4.39 Å². The van der Waals surface area contributed by atoms with Gasteiger partial charge in [0.1, 0.15) is 5.82 Å². The van der Waals surface area contributed by atoms with Gasteiger partial charge in [-0.05, 0) is 57.4 Å². The maximum Gasteiger partial charge on any atom is 0.182 e. The van der Waals surface area contributed by atoms with Crippen molar-refractivity contribution in [1.29, 1.82) is 0 Å². The SMILES string of the molecule is Cc1ccc(F)cc1C(=O)C1(C)CCCCN1. The lowest BCUT2D eigenvalue weighted by atomic mass is 9.82. The Labute approximate surface area is 101 Å². The molecule has 0 bridgehead atoms. The first-order chi connectivity index (χ1) is 8.03. The molecule has 1 unspecified atom stereocenters. The van der Waals surface area contributed by atoms with E-state index in [2.05, 4.69) is 5.32 Å². The predicted molar refractivity (Wildman–Crippen MR) is 65.7 cm³/mol. The van der Waals surface area contributed by atoms with Crippen LogP contribution in [0.1, 0.15) is 42.1 Å². The highest BCUT2D eigenvalue weighted by atomic mass is 19.1. The predicted octanol–water partition coefficient (Wildman–Crippen LogP) is 2.85. The van der Waals surface area contributed by atoms with Crippen molar-refractivity contribution < 1.29 is 9.18 Å². The van der Waals surface area contributed by atoms with E-state index in [-0.39, 0.29) is 11.6 Å². The van der Waals surface area contributed by atoms with Gasteiger partial charge in [0, 0.05) is 5.56 Å². The summed E-state index contributed by atoms with van der Waals surface area (Å²) in [5.74, 6) is -0.340. The third kappa shape index (κ3) is 2.39. The highest BCUT2D eigenvalue weighted by molar-refractivity contribution is 6.04. The van der Waals surface area contributed by atoms with Gasteiger partial charge in [0.15, 0.2) is 5.78 Å². The number of aryl methyl sites for hydroxylation is 1. The van der Waals surface area contributed by atoms with Crippen molar-refractivity contribution in [3.63, 3.8) is 0 Å². The minimum absolute atomic E-state index is 0.00852. The monoisotopic (exact) mass is 235 g/mol. The van der Waals surface area contributed by atoms with Crippen LogP contribution < -0.4 is 5.32 Å². The molecule has 1 aromatic carbocycles. The first-order valence-corrected chi connectivity index (χ1v) is 6.09. The fourth-order valence-corrected chi connectivity index (χ4v) is 2.39. The number of piperidine rings is 1. The molecule has 1 aliphatic rings. The highest BCUT2D eigenvalue weighted by Gasteiger charge is 2.35. The summed E-state index contributed by atoms with van der Waals surface area (Å²) in [6.45, 7) is 4.62. The molecule has 1 saturated heterocycles. The molecule has 0 saturated carbocycles. The second-order valence-corrected chi connectivity index (χ2v) is 5.00. The smallest absolute Gasteiger partial charge is 0.182 e. The van der Waals surface area contributed by atoms with Crippen molar-refractivity contribution in [1.82, 2.24) is 5.32 Å². The standard InChI is InChI=1S/C14H18FNO/c1-10-5-6-11(15)9-12(10)13(17)14(2)7-3-4-8-16-14/h5-6,9,16H,3-4,7-8H2,1-2H3. The number of hydrogen-bond donors (Lipinski definition) is 1. The average molecular weight is 235 g/mol. The van der Waals surface area contributed by atoms with E-state index in [1.165, 1.54) is 12.1 Å². The van der Waals surface area contributed by atoms with E-state index in [1.807, 2.05) is 13.8 Å². The summed E-state index contributed by atoms with van der Waals surface area (Å²) in [4.78, 5) is 12.5. The lowest BCUT2D eigenvalue weighted by molar-refractivity contribution is 0.0833. The molecule has 0 aliphatic carbocycles. The molecule has 1 N–H and O–H groups in total. The first-order valence-electron chi connectivity index (χ1n) is 6.09. The zero-order chi connectivity index (χ0) is 12.5. The van der Waals surface area contributed by atoms with Gasteiger partial charge in [-0.3, -0.25) is 4.79 Å².